The van der Waals surface area contributed by atoms with Crippen LogP contribution in [0.4, 0.5) is 5.69 Å². The molecule has 3 heterocycles. The highest BCUT2D eigenvalue weighted by molar-refractivity contribution is 6.11. The van der Waals surface area contributed by atoms with E-state index in [2.05, 4.69) is 20.3 Å². The first-order valence-electron chi connectivity index (χ1n) is 10.1. The number of allylic oxidation sites excluding steroid dienone is 2. The number of nitrogens with one attached hydrogen (secondary N) is 1. The third-order valence-electron chi connectivity index (χ3n) is 5.28. The molecule has 0 spiro atoms. The summed E-state index contributed by atoms with van der Waals surface area (Å²) in [6, 6.07) is 8.03. The van der Waals surface area contributed by atoms with Gasteiger partial charge in [0.05, 0.1) is 34.1 Å². The molecule has 4 aromatic rings. The summed E-state index contributed by atoms with van der Waals surface area (Å²) in [4.78, 5) is 26.4. The molecule has 0 bridgehead atoms. The zero-order valence-corrected chi connectivity index (χ0v) is 18.0. The molecule has 0 aliphatic rings. The van der Waals surface area contributed by atoms with Gasteiger partial charge in [-0.2, -0.15) is 0 Å². The fourth-order valence-corrected chi connectivity index (χ4v) is 3.65. The Bertz CT molecular complexity index is 1400. The molecule has 0 aliphatic heterocycles. The first kappa shape index (κ1) is 20.3. The first-order chi connectivity index (χ1) is 15.0. The van der Waals surface area contributed by atoms with E-state index < -0.39 is 0 Å². The summed E-state index contributed by atoms with van der Waals surface area (Å²) >= 11 is 0. The van der Waals surface area contributed by atoms with E-state index in [1.54, 1.807) is 41.7 Å². The Morgan fingerprint density at radius 3 is 2.74 bits per heavy atom. The lowest BCUT2D eigenvalue weighted by molar-refractivity contribution is 0.854. The Hall–Kier alpha value is -3.94. The number of anilines is 1. The summed E-state index contributed by atoms with van der Waals surface area (Å²) in [6.07, 6.45) is 6.97. The number of imidazole rings is 1. The number of hydrogen-bond donors (Lipinski definition) is 2. The second kappa shape index (κ2) is 8.06. The average molecular weight is 416 g/mol. The molecule has 1 aromatic carbocycles. The van der Waals surface area contributed by atoms with Gasteiger partial charge in [0.25, 0.3) is 0 Å². The summed E-state index contributed by atoms with van der Waals surface area (Å²) in [5, 5.41) is 3.97. The highest BCUT2D eigenvalue weighted by Gasteiger charge is 2.18. The largest absolute Gasteiger partial charge is 0.401 e. The maximum atomic E-state index is 13.2. The molecule has 0 aliphatic carbocycles. The predicted molar refractivity (Wildman–Crippen MR) is 127 cm³/mol. The lowest BCUT2D eigenvalue weighted by Gasteiger charge is -2.10. The Balaban J connectivity index is 2.09. The Morgan fingerprint density at radius 2 is 2.03 bits per heavy atom. The van der Waals surface area contributed by atoms with Crippen molar-refractivity contribution in [3.8, 4) is 11.1 Å². The molecule has 0 unspecified atom stereocenters. The van der Waals surface area contributed by atoms with Gasteiger partial charge in [-0.3, -0.25) is 24.1 Å². The van der Waals surface area contributed by atoms with E-state index in [4.69, 9.17) is 5.73 Å². The molecular formula is C23H25N7O. The Kier molecular flexibility index (Phi) is 5.29. The molecule has 31 heavy (non-hydrogen) atoms. The molecule has 3 N–H and O–H groups in total. The van der Waals surface area contributed by atoms with Crippen LogP contribution < -0.4 is 16.7 Å². The molecule has 0 saturated heterocycles. The van der Waals surface area contributed by atoms with E-state index in [1.807, 2.05) is 44.4 Å². The smallest absolute Gasteiger partial charge is 0.333 e. The van der Waals surface area contributed by atoms with Gasteiger partial charge in [0, 0.05) is 55.9 Å². The fraction of sp³-hybridized carbons (Fsp3) is 0.217. The summed E-state index contributed by atoms with van der Waals surface area (Å²) in [5.41, 5.74) is 12.2. The SMILES string of the molecule is CCN=CC(=C(C)N)n1c(=O)n(C)c2cnc3ccc(-c4cncc(NC)c4)cc3c21. The lowest BCUT2D eigenvalue weighted by Crippen LogP contribution is -2.24. The monoisotopic (exact) mass is 415 g/mol. The van der Waals surface area contributed by atoms with E-state index in [0.29, 0.717) is 17.9 Å². The van der Waals surface area contributed by atoms with Crippen LogP contribution >= 0.6 is 0 Å². The molecule has 158 valence electrons. The van der Waals surface area contributed by atoms with Crippen molar-refractivity contribution < 1.29 is 0 Å². The number of nitrogens with zero attached hydrogens (tertiary/aromatic N) is 5. The number of rotatable bonds is 5. The molecule has 8 nitrogen and oxygen atoms in total. The van der Waals surface area contributed by atoms with Crippen molar-refractivity contribution in [2.75, 3.05) is 18.9 Å². The van der Waals surface area contributed by atoms with Crippen LogP contribution in [-0.4, -0.2) is 38.9 Å². The van der Waals surface area contributed by atoms with Crippen LogP contribution in [0.5, 0.6) is 0 Å². The quantitative estimate of drug-likeness (QED) is 0.487. The van der Waals surface area contributed by atoms with E-state index >= 15 is 0 Å². The average Bonchev–Trinajstić information content (AvgIpc) is 3.04. The maximum Gasteiger partial charge on any atom is 0.333 e. The number of hydrogen-bond acceptors (Lipinski definition) is 6. The van der Waals surface area contributed by atoms with Gasteiger partial charge in [0.2, 0.25) is 0 Å². The van der Waals surface area contributed by atoms with E-state index in [9.17, 15) is 4.79 Å². The first-order valence-corrected chi connectivity index (χ1v) is 10.1. The van der Waals surface area contributed by atoms with Crippen molar-refractivity contribution in [1.82, 2.24) is 19.1 Å². The van der Waals surface area contributed by atoms with Crippen molar-refractivity contribution in [3.63, 3.8) is 0 Å². The van der Waals surface area contributed by atoms with Crippen LogP contribution in [0.15, 0.2) is 58.3 Å². The van der Waals surface area contributed by atoms with Gasteiger partial charge in [-0.1, -0.05) is 6.07 Å². The van der Waals surface area contributed by atoms with Crippen LogP contribution in [-0.2, 0) is 7.05 Å². The van der Waals surface area contributed by atoms with Crippen molar-refractivity contribution in [2.24, 2.45) is 17.8 Å². The van der Waals surface area contributed by atoms with Crippen LogP contribution in [0.2, 0.25) is 0 Å². The van der Waals surface area contributed by atoms with Crippen molar-refractivity contribution >= 4 is 39.5 Å². The molecular weight excluding hydrogens is 390 g/mol. The third kappa shape index (κ3) is 3.46. The number of aliphatic imine (C=N–C) groups is 1. The van der Waals surface area contributed by atoms with Crippen molar-refractivity contribution in [2.45, 2.75) is 13.8 Å². The highest BCUT2D eigenvalue weighted by Crippen LogP contribution is 2.30. The number of benzene rings is 1. The molecule has 0 fully saturated rings. The number of pyridine rings is 2. The summed E-state index contributed by atoms with van der Waals surface area (Å²) in [5.74, 6) is 0. The molecule has 0 amide bonds. The number of fused-ring (bicyclic) bond motifs is 3. The van der Waals surface area contributed by atoms with Crippen molar-refractivity contribution in [3.05, 3.63) is 59.0 Å². The highest BCUT2D eigenvalue weighted by atomic mass is 16.1. The third-order valence-corrected chi connectivity index (χ3v) is 5.28. The zero-order valence-electron chi connectivity index (χ0n) is 18.0. The van der Waals surface area contributed by atoms with Gasteiger partial charge in [-0.15, -0.1) is 0 Å². The Labute approximate surface area is 179 Å². The topological polar surface area (TPSA) is 103 Å². The number of aromatic nitrogens is 4. The van der Waals surface area contributed by atoms with Gasteiger partial charge >= 0.3 is 5.69 Å². The van der Waals surface area contributed by atoms with E-state index in [-0.39, 0.29) is 5.69 Å². The summed E-state index contributed by atoms with van der Waals surface area (Å²) < 4.78 is 3.21. The Morgan fingerprint density at radius 1 is 1.23 bits per heavy atom. The van der Waals surface area contributed by atoms with Gasteiger partial charge in [-0.05, 0) is 37.6 Å². The van der Waals surface area contributed by atoms with Crippen LogP contribution in [0.1, 0.15) is 13.8 Å². The van der Waals surface area contributed by atoms with Gasteiger partial charge in [0.1, 0.15) is 0 Å². The maximum absolute atomic E-state index is 13.2. The van der Waals surface area contributed by atoms with Gasteiger partial charge in [0.15, 0.2) is 0 Å². The molecule has 8 heteroatoms. The molecule has 0 radical (unpaired) electrons. The normalized spacial score (nSPS) is 12.6. The number of nitrogens with two attached hydrogens (primary N) is 1. The molecule has 0 saturated carbocycles. The van der Waals surface area contributed by atoms with Gasteiger partial charge < -0.3 is 11.1 Å². The predicted octanol–water partition coefficient (Wildman–Crippen LogP) is 3.23. The van der Waals surface area contributed by atoms with E-state index in [1.165, 1.54) is 0 Å². The minimum Gasteiger partial charge on any atom is -0.401 e. The lowest BCUT2D eigenvalue weighted by atomic mass is 10.0. The van der Waals surface area contributed by atoms with E-state index in [0.717, 1.165) is 38.8 Å². The van der Waals surface area contributed by atoms with Crippen LogP contribution in [0, 0.1) is 0 Å². The zero-order chi connectivity index (χ0) is 22.1. The second-order valence-electron chi connectivity index (χ2n) is 7.31. The number of aryl methyl sites for hydroxylation is 1. The molecule has 4 rings (SSSR count). The summed E-state index contributed by atoms with van der Waals surface area (Å²) in [6.45, 7) is 4.30. The van der Waals surface area contributed by atoms with Gasteiger partial charge in [-0.25, -0.2) is 4.79 Å². The van der Waals surface area contributed by atoms with Crippen LogP contribution in [0.25, 0.3) is 38.8 Å². The molecule has 0 atom stereocenters. The van der Waals surface area contributed by atoms with Crippen LogP contribution in [0.3, 0.4) is 0 Å². The molecule has 3 aromatic heterocycles. The van der Waals surface area contributed by atoms with Crippen molar-refractivity contribution in [1.29, 1.82) is 0 Å². The standard InChI is InChI=1S/C23H25N7O/c1-5-26-12-20(14(2)24)30-22-18-9-15(16-8-17(25-3)11-27-10-16)6-7-19(18)28-13-21(22)29(4)23(30)31/h6-13,25H,5,24H2,1-4H3. The minimum atomic E-state index is -0.198. The minimum absolute atomic E-state index is 0.198. The summed E-state index contributed by atoms with van der Waals surface area (Å²) in [7, 11) is 3.59. The fourth-order valence-electron chi connectivity index (χ4n) is 3.65. The second-order valence-corrected chi connectivity index (χ2v) is 7.31.